The van der Waals surface area contributed by atoms with E-state index in [9.17, 15) is 17.6 Å². The van der Waals surface area contributed by atoms with Gasteiger partial charge in [-0.05, 0) is 44.0 Å². The highest BCUT2D eigenvalue weighted by Gasteiger charge is 2.25. The Kier molecular flexibility index (Phi) is 5.41. The van der Waals surface area contributed by atoms with Gasteiger partial charge in [-0.2, -0.15) is 0 Å². The van der Waals surface area contributed by atoms with Crippen molar-refractivity contribution < 1.29 is 17.6 Å². The Morgan fingerprint density at radius 3 is 2.72 bits per heavy atom. The molecule has 0 bridgehead atoms. The highest BCUT2D eigenvalue weighted by atomic mass is 32.2. The van der Waals surface area contributed by atoms with E-state index in [0.29, 0.717) is 21.1 Å². The number of anilines is 1. The minimum atomic E-state index is -3.85. The average Bonchev–Trinajstić information content (AvgIpc) is 3.41. The van der Waals surface area contributed by atoms with E-state index in [4.69, 9.17) is 0 Å². The van der Waals surface area contributed by atoms with Crippen molar-refractivity contribution in [2.24, 2.45) is 0 Å². The van der Waals surface area contributed by atoms with Crippen LogP contribution in [0.3, 0.4) is 0 Å². The molecular weight excluding hydrogens is 433 g/mol. The molecule has 152 valence electrons. The number of thiazole rings is 1. The summed E-state index contributed by atoms with van der Waals surface area (Å²) in [6.07, 6.45) is 2.03. The van der Waals surface area contributed by atoms with Gasteiger partial charge in [0.15, 0.2) is 0 Å². The average molecular weight is 452 g/mol. The van der Waals surface area contributed by atoms with Gasteiger partial charge in [0, 0.05) is 24.0 Å². The monoisotopic (exact) mass is 451 g/mol. The second-order valence-electron chi connectivity index (χ2n) is 6.70. The predicted molar refractivity (Wildman–Crippen MR) is 113 cm³/mol. The number of rotatable bonds is 5. The van der Waals surface area contributed by atoms with Crippen molar-refractivity contribution in [1.29, 1.82) is 0 Å². The third-order valence-corrected chi connectivity index (χ3v) is 8.56. The number of nitrogens with zero attached hydrogens (tertiary/aromatic N) is 2. The van der Waals surface area contributed by atoms with Crippen molar-refractivity contribution in [2.75, 3.05) is 17.8 Å². The smallest absolute Gasteiger partial charge is 0.271 e. The zero-order valence-electron chi connectivity index (χ0n) is 15.5. The number of carbonyl (C=O) groups is 1. The van der Waals surface area contributed by atoms with Crippen LogP contribution in [0.15, 0.2) is 39.9 Å². The van der Waals surface area contributed by atoms with Crippen molar-refractivity contribution in [3.05, 3.63) is 52.1 Å². The Morgan fingerprint density at radius 2 is 2.00 bits per heavy atom. The second kappa shape index (κ2) is 7.85. The van der Waals surface area contributed by atoms with Crippen molar-refractivity contribution in [2.45, 2.75) is 24.0 Å². The summed E-state index contributed by atoms with van der Waals surface area (Å²) < 4.78 is 41.0. The fraction of sp³-hybridized carbons (Fsp3) is 0.263. The molecule has 1 aliphatic rings. The normalized spacial score (nSPS) is 14.3. The highest BCUT2D eigenvalue weighted by Crippen LogP contribution is 2.34. The van der Waals surface area contributed by atoms with E-state index in [1.165, 1.54) is 35.6 Å². The topological polar surface area (TPSA) is 79.4 Å². The lowest BCUT2D eigenvalue weighted by Gasteiger charge is -2.13. The van der Waals surface area contributed by atoms with Crippen molar-refractivity contribution in [1.82, 2.24) is 9.88 Å². The van der Waals surface area contributed by atoms with Gasteiger partial charge < -0.3 is 4.90 Å². The van der Waals surface area contributed by atoms with Crippen LogP contribution < -0.4 is 4.72 Å². The van der Waals surface area contributed by atoms with Gasteiger partial charge >= 0.3 is 0 Å². The van der Waals surface area contributed by atoms with Crippen LogP contribution in [0.1, 0.15) is 28.2 Å². The van der Waals surface area contributed by atoms with Crippen molar-refractivity contribution >= 4 is 44.3 Å². The molecule has 1 aromatic carbocycles. The summed E-state index contributed by atoms with van der Waals surface area (Å²) >= 11 is 2.33. The Bertz CT molecular complexity index is 1160. The molecule has 1 amide bonds. The Labute approximate surface area is 176 Å². The number of halogens is 1. The van der Waals surface area contributed by atoms with E-state index < -0.39 is 15.8 Å². The third-order valence-electron chi connectivity index (χ3n) is 4.55. The summed E-state index contributed by atoms with van der Waals surface area (Å²) in [5, 5.41) is 2.30. The van der Waals surface area contributed by atoms with Gasteiger partial charge in [-0.3, -0.25) is 9.52 Å². The van der Waals surface area contributed by atoms with Crippen LogP contribution in [0.2, 0.25) is 0 Å². The Balaban J connectivity index is 1.57. The van der Waals surface area contributed by atoms with Gasteiger partial charge in [-0.1, -0.05) is 6.07 Å². The van der Waals surface area contributed by atoms with Crippen LogP contribution in [-0.2, 0) is 10.0 Å². The van der Waals surface area contributed by atoms with E-state index in [1.54, 1.807) is 12.3 Å². The second-order valence-corrected chi connectivity index (χ2v) is 10.5. The lowest BCUT2D eigenvalue weighted by Crippen LogP contribution is -2.27. The zero-order chi connectivity index (χ0) is 20.6. The number of sulfonamides is 1. The van der Waals surface area contributed by atoms with Gasteiger partial charge in [-0.15, -0.1) is 22.7 Å². The van der Waals surface area contributed by atoms with Gasteiger partial charge in [0.2, 0.25) is 0 Å². The van der Waals surface area contributed by atoms with Gasteiger partial charge in [0.05, 0.1) is 11.4 Å². The summed E-state index contributed by atoms with van der Waals surface area (Å²) in [4.78, 5) is 19.6. The first kappa shape index (κ1) is 20.0. The fourth-order valence-electron chi connectivity index (χ4n) is 3.11. The lowest BCUT2D eigenvalue weighted by molar-refractivity contribution is 0.0796. The van der Waals surface area contributed by atoms with Crippen molar-refractivity contribution in [3.8, 4) is 10.6 Å². The minimum absolute atomic E-state index is 0.0143. The van der Waals surface area contributed by atoms with E-state index in [0.717, 1.165) is 43.3 Å². The number of hydrogen-bond acceptors (Lipinski definition) is 6. The summed E-state index contributed by atoms with van der Waals surface area (Å²) in [6.45, 7) is 3.31. The molecule has 1 aliphatic heterocycles. The van der Waals surface area contributed by atoms with E-state index in [-0.39, 0.29) is 15.8 Å². The van der Waals surface area contributed by atoms with E-state index in [1.807, 2.05) is 4.90 Å². The molecule has 1 saturated heterocycles. The van der Waals surface area contributed by atoms with E-state index >= 15 is 0 Å². The first-order valence-corrected chi connectivity index (χ1v) is 12.2. The van der Waals surface area contributed by atoms with E-state index in [2.05, 4.69) is 9.71 Å². The molecule has 3 heterocycles. The number of carbonyl (C=O) groups excluding carboxylic acids is 1. The molecular formula is C19H18FN3O3S3. The Morgan fingerprint density at radius 1 is 1.24 bits per heavy atom. The fourth-order valence-corrected chi connectivity index (χ4v) is 6.42. The molecule has 0 unspecified atom stereocenters. The highest BCUT2D eigenvalue weighted by molar-refractivity contribution is 7.94. The molecule has 2 aromatic heterocycles. The third kappa shape index (κ3) is 4.19. The minimum Gasteiger partial charge on any atom is -0.338 e. The maximum Gasteiger partial charge on any atom is 0.271 e. The van der Waals surface area contributed by atoms with Crippen LogP contribution in [-0.4, -0.2) is 37.3 Å². The molecule has 0 saturated carbocycles. The van der Waals surface area contributed by atoms with Crippen LogP contribution in [0.25, 0.3) is 10.6 Å². The molecule has 10 heteroatoms. The summed E-state index contributed by atoms with van der Waals surface area (Å²) in [6, 6.07) is 6.80. The lowest BCUT2D eigenvalue weighted by atomic mass is 10.3. The quantitative estimate of drug-likeness (QED) is 0.625. The first-order valence-electron chi connectivity index (χ1n) is 8.97. The molecule has 0 spiro atoms. The summed E-state index contributed by atoms with van der Waals surface area (Å²) in [5.41, 5.74) is 1.45. The maximum absolute atomic E-state index is 13.3. The van der Waals surface area contributed by atoms with Crippen LogP contribution in [0.5, 0.6) is 0 Å². The number of likely N-dealkylation sites (tertiary alicyclic amines) is 1. The van der Waals surface area contributed by atoms with Gasteiger partial charge in [0.1, 0.15) is 19.9 Å². The molecule has 1 fully saturated rings. The maximum atomic E-state index is 13.3. The van der Waals surface area contributed by atoms with Gasteiger partial charge in [0.25, 0.3) is 15.9 Å². The standard InChI is InChI=1S/C19H18FN3O3S3/c1-12-17(19(24)23-7-2-3-8-23)28-18(21-12)13-9-16(27-11-13)29(25,26)22-15-6-4-5-14(20)10-15/h4-6,9-11,22H,2-3,7-8H2,1H3. The Hall–Kier alpha value is -2.30. The molecule has 1 N–H and O–H groups in total. The van der Waals surface area contributed by atoms with Crippen molar-refractivity contribution in [3.63, 3.8) is 0 Å². The number of thiophene rings is 1. The number of aromatic nitrogens is 1. The van der Waals surface area contributed by atoms with Crippen LogP contribution >= 0.6 is 22.7 Å². The number of hydrogen-bond donors (Lipinski definition) is 1. The molecule has 0 atom stereocenters. The number of amides is 1. The first-order chi connectivity index (χ1) is 13.8. The molecule has 4 rings (SSSR count). The van der Waals surface area contributed by atoms with Gasteiger partial charge in [-0.25, -0.2) is 17.8 Å². The number of benzene rings is 1. The summed E-state index contributed by atoms with van der Waals surface area (Å²) in [5.74, 6) is -0.537. The molecule has 6 nitrogen and oxygen atoms in total. The molecule has 0 aliphatic carbocycles. The predicted octanol–water partition coefficient (Wildman–Crippen LogP) is 4.36. The molecule has 3 aromatic rings. The van der Waals surface area contributed by atoms with Crippen LogP contribution in [0.4, 0.5) is 10.1 Å². The number of nitrogens with one attached hydrogen (secondary N) is 1. The molecule has 0 radical (unpaired) electrons. The SMILES string of the molecule is Cc1nc(-c2csc(S(=O)(=O)Nc3cccc(F)c3)c2)sc1C(=O)N1CCCC1. The zero-order valence-corrected chi connectivity index (χ0v) is 18.0. The number of aryl methyl sites for hydroxylation is 1. The largest absolute Gasteiger partial charge is 0.338 e. The molecule has 29 heavy (non-hydrogen) atoms. The summed E-state index contributed by atoms with van der Waals surface area (Å²) in [7, 11) is -3.85. The van der Waals surface area contributed by atoms with Crippen LogP contribution in [0, 0.1) is 12.7 Å².